The first-order valence-electron chi connectivity index (χ1n) is 7.33. The lowest BCUT2D eigenvalue weighted by atomic mass is 10.1. The van der Waals surface area contributed by atoms with E-state index in [0.29, 0.717) is 6.29 Å². The third kappa shape index (κ3) is 3.65. The van der Waals surface area contributed by atoms with Crippen LogP contribution in [-0.2, 0) is 0 Å². The molecular formula is C18H14F4O3. The molecule has 0 heterocycles. The molecule has 0 aromatic heterocycles. The maximum Gasteiger partial charge on any atom is 0.205 e. The normalized spacial score (nSPS) is 11.0. The van der Waals surface area contributed by atoms with Crippen LogP contribution in [0, 0.1) is 23.3 Å². The Kier molecular flexibility index (Phi) is 5.80. The Hall–Kier alpha value is -2.83. The van der Waals surface area contributed by atoms with E-state index in [0.717, 1.165) is 6.08 Å². The van der Waals surface area contributed by atoms with Crippen LogP contribution in [0.2, 0.25) is 0 Å². The van der Waals surface area contributed by atoms with Crippen LogP contribution in [-0.4, -0.2) is 12.9 Å². The summed E-state index contributed by atoms with van der Waals surface area (Å²) in [4.78, 5) is 10.8. The highest BCUT2D eigenvalue weighted by molar-refractivity contribution is 5.76. The number of halogens is 4. The van der Waals surface area contributed by atoms with E-state index in [-0.39, 0.29) is 23.7 Å². The molecule has 0 atom stereocenters. The SMILES string of the molecule is CC=Cc1c(F)c(F)c(Oc2ccc(C=O)cc2OCC)c(F)c1F. The Bertz CT molecular complexity index is 803. The molecule has 25 heavy (non-hydrogen) atoms. The summed E-state index contributed by atoms with van der Waals surface area (Å²) in [6.45, 7) is 3.26. The molecule has 2 rings (SSSR count). The number of aldehydes is 1. The highest BCUT2D eigenvalue weighted by atomic mass is 19.2. The van der Waals surface area contributed by atoms with E-state index >= 15 is 0 Å². The third-order valence-electron chi connectivity index (χ3n) is 3.21. The van der Waals surface area contributed by atoms with Crippen LogP contribution < -0.4 is 9.47 Å². The van der Waals surface area contributed by atoms with Crippen LogP contribution in [0.15, 0.2) is 24.3 Å². The predicted molar refractivity (Wildman–Crippen MR) is 84.1 cm³/mol. The molecule has 0 amide bonds. The number of rotatable bonds is 6. The third-order valence-corrected chi connectivity index (χ3v) is 3.21. The molecule has 0 aliphatic heterocycles. The van der Waals surface area contributed by atoms with Gasteiger partial charge in [0.05, 0.1) is 12.2 Å². The van der Waals surface area contributed by atoms with Crippen molar-refractivity contribution in [2.75, 3.05) is 6.61 Å². The van der Waals surface area contributed by atoms with Gasteiger partial charge in [-0.25, -0.2) is 8.78 Å². The minimum Gasteiger partial charge on any atom is -0.490 e. The van der Waals surface area contributed by atoms with E-state index in [1.807, 2.05) is 0 Å². The molecule has 2 aromatic carbocycles. The molecule has 7 heteroatoms. The van der Waals surface area contributed by atoms with Gasteiger partial charge in [-0.05, 0) is 32.0 Å². The maximum absolute atomic E-state index is 14.1. The summed E-state index contributed by atoms with van der Waals surface area (Å²) in [6.07, 6.45) is 2.69. The van der Waals surface area contributed by atoms with E-state index in [1.54, 1.807) is 6.92 Å². The summed E-state index contributed by atoms with van der Waals surface area (Å²) < 4.78 is 66.5. The van der Waals surface area contributed by atoms with Gasteiger partial charge in [0.25, 0.3) is 0 Å². The summed E-state index contributed by atoms with van der Waals surface area (Å²) in [5.74, 6) is -7.91. The monoisotopic (exact) mass is 354 g/mol. The van der Waals surface area contributed by atoms with Crippen LogP contribution in [0.3, 0.4) is 0 Å². The fourth-order valence-electron chi connectivity index (χ4n) is 2.09. The van der Waals surface area contributed by atoms with Crippen molar-refractivity contribution in [1.82, 2.24) is 0 Å². The van der Waals surface area contributed by atoms with Crippen molar-refractivity contribution in [3.05, 3.63) is 58.7 Å². The standard InChI is InChI=1S/C18H14F4O3/c1-3-5-11-14(19)16(21)18(17(22)15(11)20)25-12-7-6-10(9-23)8-13(12)24-4-2/h3,5-9H,4H2,1-2H3. The number of allylic oxidation sites excluding steroid dienone is 1. The van der Waals surface area contributed by atoms with E-state index in [4.69, 9.17) is 9.47 Å². The number of hydrogen-bond donors (Lipinski definition) is 0. The number of benzene rings is 2. The molecule has 0 bridgehead atoms. The molecule has 0 radical (unpaired) electrons. The highest BCUT2D eigenvalue weighted by Gasteiger charge is 2.26. The second-order valence-electron chi connectivity index (χ2n) is 4.86. The first-order chi connectivity index (χ1) is 11.9. The van der Waals surface area contributed by atoms with Gasteiger partial charge in [-0.15, -0.1) is 0 Å². The molecule has 0 spiro atoms. The first-order valence-corrected chi connectivity index (χ1v) is 7.33. The fraction of sp³-hybridized carbons (Fsp3) is 0.167. The van der Waals surface area contributed by atoms with E-state index < -0.39 is 34.6 Å². The second-order valence-corrected chi connectivity index (χ2v) is 4.86. The van der Waals surface area contributed by atoms with Gasteiger partial charge in [0.15, 0.2) is 23.1 Å². The lowest BCUT2D eigenvalue weighted by Gasteiger charge is -2.14. The quantitative estimate of drug-likeness (QED) is 0.402. The highest BCUT2D eigenvalue weighted by Crippen LogP contribution is 2.37. The van der Waals surface area contributed by atoms with Crippen molar-refractivity contribution < 1.29 is 31.8 Å². The molecule has 132 valence electrons. The van der Waals surface area contributed by atoms with Gasteiger partial charge >= 0.3 is 0 Å². The maximum atomic E-state index is 14.1. The largest absolute Gasteiger partial charge is 0.490 e. The van der Waals surface area contributed by atoms with Gasteiger partial charge in [0, 0.05) is 5.56 Å². The first kappa shape index (κ1) is 18.5. The molecule has 0 unspecified atom stereocenters. The average Bonchev–Trinajstić information content (AvgIpc) is 2.62. The summed E-state index contributed by atoms with van der Waals surface area (Å²) in [5.41, 5.74) is -0.608. The molecule has 0 fully saturated rings. The van der Waals surface area contributed by atoms with Crippen LogP contribution in [0.4, 0.5) is 17.6 Å². The minimum absolute atomic E-state index is 0.00393. The number of carbonyl (C=O) groups excluding carboxylic acids is 1. The van der Waals surface area contributed by atoms with Crippen molar-refractivity contribution in [3.63, 3.8) is 0 Å². The zero-order chi connectivity index (χ0) is 18.6. The summed E-state index contributed by atoms with van der Waals surface area (Å²) in [6, 6.07) is 3.80. The topological polar surface area (TPSA) is 35.5 Å². The van der Waals surface area contributed by atoms with Gasteiger partial charge in [-0.3, -0.25) is 4.79 Å². The van der Waals surface area contributed by atoms with Crippen molar-refractivity contribution in [1.29, 1.82) is 0 Å². The van der Waals surface area contributed by atoms with Gasteiger partial charge in [0.1, 0.15) is 6.29 Å². The summed E-state index contributed by atoms with van der Waals surface area (Å²) in [7, 11) is 0. The van der Waals surface area contributed by atoms with Crippen molar-refractivity contribution >= 4 is 12.4 Å². The van der Waals surface area contributed by atoms with Gasteiger partial charge in [-0.2, -0.15) is 8.78 Å². The molecule has 0 saturated carbocycles. The van der Waals surface area contributed by atoms with Crippen LogP contribution in [0.1, 0.15) is 29.8 Å². The molecule has 0 aliphatic carbocycles. The Morgan fingerprint density at radius 1 is 1.00 bits per heavy atom. The fourth-order valence-corrected chi connectivity index (χ4v) is 2.09. The smallest absolute Gasteiger partial charge is 0.205 e. The van der Waals surface area contributed by atoms with E-state index in [9.17, 15) is 22.4 Å². The van der Waals surface area contributed by atoms with Crippen molar-refractivity contribution in [2.24, 2.45) is 0 Å². The molecular weight excluding hydrogens is 340 g/mol. The lowest BCUT2D eigenvalue weighted by Crippen LogP contribution is -2.04. The number of carbonyl (C=O) groups is 1. The molecule has 3 nitrogen and oxygen atoms in total. The Labute approximate surface area is 141 Å². The van der Waals surface area contributed by atoms with Crippen molar-refractivity contribution in [3.8, 4) is 17.2 Å². The van der Waals surface area contributed by atoms with Crippen LogP contribution in [0.5, 0.6) is 17.2 Å². The van der Waals surface area contributed by atoms with Crippen LogP contribution in [0.25, 0.3) is 6.08 Å². The lowest BCUT2D eigenvalue weighted by molar-refractivity contribution is 0.112. The molecule has 0 aliphatic rings. The number of hydrogen-bond acceptors (Lipinski definition) is 3. The van der Waals surface area contributed by atoms with Gasteiger partial charge < -0.3 is 9.47 Å². The number of ether oxygens (including phenoxy) is 2. The second kappa shape index (κ2) is 7.83. The predicted octanol–water partition coefficient (Wildman–Crippen LogP) is 5.28. The summed E-state index contributed by atoms with van der Waals surface area (Å²) in [5, 5.41) is 0. The molecule has 0 saturated heterocycles. The van der Waals surface area contributed by atoms with E-state index in [2.05, 4.69) is 0 Å². The van der Waals surface area contributed by atoms with E-state index in [1.165, 1.54) is 31.2 Å². The minimum atomic E-state index is -1.67. The van der Waals surface area contributed by atoms with Gasteiger partial charge in [0.2, 0.25) is 17.4 Å². The summed E-state index contributed by atoms with van der Waals surface area (Å²) >= 11 is 0. The molecule has 0 N–H and O–H groups in total. The van der Waals surface area contributed by atoms with Gasteiger partial charge in [-0.1, -0.05) is 12.2 Å². The zero-order valence-corrected chi connectivity index (χ0v) is 13.4. The molecule has 2 aromatic rings. The van der Waals surface area contributed by atoms with Crippen LogP contribution >= 0.6 is 0 Å². The Morgan fingerprint density at radius 2 is 1.64 bits per heavy atom. The van der Waals surface area contributed by atoms with Crippen molar-refractivity contribution in [2.45, 2.75) is 13.8 Å². The zero-order valence-electron chi connectivity index (χ0n) is 13.4. The Balaban J connectivity index is 2.56. The Morgan fingerprint density at radius 3 is 2.16 bits per heavy atom. The average molecular weight is 354 g/mol.